The molecule has 5 heteroatoms. The van der Waals surface area contributed by atoms with Gasteiger partial charge >= 0.3 is 0 Å². The highest BCUT2D eigenvalue weighted by molar-refractivity contribution is 5.16. The molecule has 0 radical (unpaired) electrons. The van der Waals surface area contributed by atoms with Crippen LogP contribution in [-0.4, -0.2) is 48.4 Å². The third-order valence-electron chi connectivity index (χ3n) is 5.68. The van der Waals surface area contributed by atoms with Gasteiger partial charge in [0.2, 0.25) is 0 Å². The minimum atomic E-state index is -0.608. The molecule has 0 aliphatic carbocycles. The molecule has 3 rings (SSSR count). The van der Waals surface area contributed by atoms with Gasteiger partial charge in [0, 0.05) is 37.8 Å². The Morgan fingerprint density at radius 2 is 1.72 bits per heavy atom. The normalized spacial score (nSPS) is 21.9. The predicted molar refractivity (Wildman–Crippen MR) is 114 cm³/mol. The highest BCUT2D eigenvalue weighted by atomic mass is 19.1. The van der Waals surface area contributed by atoms with E-state index < -0.39 is 6.10 Å². The number of benzene rings is 2. The summed E-state index contributed by atoms with van der Waals surface area (Å²) in [6, 6.07) is 17.5. The van der Waals surface area contributed by atoms with Crippen molar-refractivity contribution in [2.75, 3.05) is 26.2 Å². The summed E-state index contributed by atoms with van der Waals surface area (Å²) in [7, 11) is 0. The summed E-state index contributed by atoms with van der Waals surface area (Å²) in [5.74, 6) is 0.716. The monoisotopic (exact) mass is 400 g/mol. The minimum absolute atomic E-state index is 0.175. The zero-order valence-corrected chi connectivity index (χ0v) is 17.4. The minimum Gasteiger partial charge on any atom is -0.389 e. The van der Waals surface area contributed by atoms with Gasteiger partial charge in [0.25, 0.3) is 0 Å². The third kappa shape index (κ3) is 6.61. The second-order valence-electron chi connectivity index (χ2n) is 8.33. The lowest BCUT2D eigenvalue weighted by Crippen LogP contribution is -2.54. The number of hydrogen-bond acceptors (Lipinski definition) is 4. The molecule has 2 N–H and O–H groups in total. The molecule has 1 heterocycles. The van der Waals surface area contributed by atoms with Crippen molar-refractivity contribution in [3.8, 4) is 0 Å². The lowest BCUT2D eigenvalue weighted by atomic mass is 9.85. The lowest BCUT2D eigenvalue weighted by molar-refractivity contribution is 0.0200. The van der Waals surface area contributed by atoms with E-state index in [9.17, 15) is 9.50 Å². The van der Waals surface area contributed by atoms with Crippen LogP contribution in [0.3, 0.4) is 0 Å². The van der Waals surface area contributed by atoms with Crippen molar-refractivity contribution < 1.29 is 14.2 Å². The SMILES string of the molecule is C[C@@H]1CN(Cc2ccccc2)C[C@@H](C)C1NC[C@@H](O)COCc1ccccc1F. The molecule has 0 bridgehead atoms. The van der Waals surface area contributed by atoms with E-state index in [-0.39, 0.29) is 19.0 Å². The first-order chi connectivity index (χ1) is 14.0. The van der Waals surface area contributed by atoms with Crippen LogP contribution in [0.15, 0.2) is 54.6 Å². The zero-order chi connectivity index (χ0) is 20.6. The van der Waals surface area contributed by atoms with Crippen molar-refractivity contribution >= 4 is 0 Å². The van der Waals surface area contributed by atoms with Gasteiger partial charge in [0.1, 0.15) is 5.82 Å². The molecule has 0 spiro atoms. The molecule has 3 atom stereocenters. The molecule has 29 heavy (non-hydrogen) atoms. The van der Waals surface area contributed by atoms with Crippen LogP contribution in [-0.2, 0) is 17.9 Å². The maximum Gasteiger partial charge on any atom is 0.128 e. The number of rotatable bonds is 9. The number of aliphatic hydroxyl groups is 1. The zero-order valence-electron chi connectivity index (χ0n) is 17.4. The van der Waals surface area contributed by atoms with E-state index in [1.54, 1.807) is 18.2 Å². The predicted octanol–water partition coefficient (Wildman–Crippen LogP) is 3.45. The number of halogens is 1. The fourth-order valence-corrected chi connectivity index (χ4v) is 4.30. The number of likely N-dealkylation sites (tertiary alicyclic amines) is 1. The molecule has 4 nitrogen and oxygen atoms in total. The molecule has 0 unspecified atom stereocenters. The van der Waals surface area contributed by atoms with Crippen LogP contribution in [0.4, 0.5) is 4.39 Å². The van der Waals surface area contributed by atoms with Gasteiger partial charge in [-0.1, -0.05) is 62.4 Å². The number of ether oxygens (including phenoxy) is 1. The Hall–Kier alpha value is -1.79. The average Bonchev–Trinajstić information content (AvgIpc) is 2.69. The highest BCUT2D eigenvalue weighted by Gasteiger charge is 2.31. The third-order valence-corrected chi connectivity index (χ3v) is 5.68. The van der Waals surface area contributed by atoms with E-state index in [4.69, 9.17) is 4.74 Å². The second kappa shape index (κ2) is 10.8. The first kappa shape index (κ1) is 21.9. The van der Waals surface area contributed by atoms with Crippen molar-refractivity contribution in [2.45, 2.75) is 39.1 Å². The van der Waals surface area contributed by atoms with Gasteiger partial charge < -0.3 is 15.2 Å². The Bertz CT molecular complexity index is 731. The van der Waals surface area contributed by atoms with Crippen LogP contribution in [0.25, 0.3) is 0 Å². The van der Waals surface area contributed by atoms with E-state index in [1.165, 1.54) is 11.6 Å². The molecule has 0 aromatic heterocycles. The number of nitrogens with one attached hydrogen (secondary N) is 1. The maximum atomic E-state index is 13.6. The van der Waals surface area contributed by atoms with E-state index in [0.29, 0.717) is 30.0 Å². The van der Waals surface area contributed by atoms with Crippen LogP contribution in [0.5, 0.6) is 0 Å². The summed E-state index contributed by atoms with van der Waals surface area (Å²) in [6.07, 6.45) is -0.608. The first-order valence-corrected chi connectivity index (χ1v) is 10.5. The summed E-state index contributed by atoms with van der Waals surface area (Å²) in [5, 5.41) is 13.8. The van der Waals surface area contributed by atoms with Crippen LogP contribution in [0, 0.1) is 17.7 Å². The molecule has 2 aromatic carbocycles. The Labute approximate surface area is 173 Å². The number of piperidine rings is 1. The van der Waals surface area contributed by atoms with Gasteiger partial charge in [-0.2, -0.15) is 0 Å². The van der Waals surface area contributed by atoms with Gasteiger partial charge in [-0.05, 0) is 23.5 Å². The molecule has 1 fully saturated rings. The van der Waals surface area contributed by atoms with Crippen molar-refractivity contribution in [3.05, 3.63) is 71.5 Å². The molecule has 2 aromatic rings. The Kier molecular flexibility index (Phi) is 8.19. The largest absolute Gasteiger partial charge is 0.389 e. The summed E-state index contributed by atoms with van der Waals surface area (Å²) in [5.41, 5.74) is 1.86. The molecule has 0 saturated carbocycles. The fourth-order valence-electron chi connectivity index (χ4n) is 4.30. The number of hydrogen-bond donors (Lipinski definition) is 2. The first-order valence-electron chi connectivity index (χ1n) is 10.5. The number of nitrogens with zero attached hydrogens (tertiary/aromatic N) is 1. The molecule has 158 valence electrons. The van der Waals surface area contributed by atoms with E-state index >= 15 is 0 Å². The van der Waals surface area contributed by atoms with Crippen LogP contribution < -0.4 is 5.32 Å². The molecular weight excluding hydrogens is 367 g/mol. The molecule has 1 aliphatic heterocycles. The lowest BCUT2D eigenvalue weighted by Gasteiger charge is -2.42. The molecule has 0 amide bonds. The van der Waals surface area contributed by atoms with Crippen molar-refractivity contribution in [3.63, 3.8) is 0 Å². The Morgan fingerprint density at radius 3 is 2.41 bits per heavy atom. The molecular formula is C24H33FN2O2. The second-order valence-corrected chi connectivity index (χ2v) is 8.33. The van der Waals surface area contributed by atoms with Gasteiger partial charge in [-0.15, -0.1) is 0 Å². The highest BCUT2D eigenvalue weighted by Crippen LogP contribution is 2.23. The fraction of sp³-hybridized carbons (Fsp3) is 0.500. The maximum absolute atomic E-state index is 13.6. The molecule has 1 aliphatic rings. The van der Waals surface area contributed by atoms with Crippen molar-refractivity contribution in [1.29, 1.82) is 0 Å². The number of aliphatic hydroxyl groups excluding tert-OH is 1. The van der Waals surface area contributed by atoms with Crippen LogP contribution in [0.2, 0.25) is 0 Å². The Balaban J connectivity index is 1.39. The van der Waals surface area contributed by atoms with Gasteiger partial charge in [0.15, 0.2) is 0 Å². The topological polar surface area (TPSA) is 44.7 Å². The summed E-state index contributed by atoms with van der Waals surface area (Å²) >= 11 is 0. The summed E-state index contributed by atoms with van der Waals surface area (Å²) in [6.45, 7) is 8.45. The van der Waals surface area contributed by atoms with E-state index in [2.05, 4.69) is 54.4 Å². The molecule has 1 saturated heterocycles. The van der Waals surface area contributed by atoms with Crippen molar-refractivity contribution in [2.24, 2.45) is 11.8 Å². The van der Waals surface area contributed by atoms with Gasteiger partial charge in [-0.25, -0.2) is 4.39 Å². The van der Waals surface area contributed by atoms with Crippen LogP contribution >= 0.6 is 0 Å². The summed E-state index contributed by atoms with van der Waals surface area (Å²) < 4.78 is 19.1. The van der Waals surface area contributed by atoms with E-state index in [0.717, 1.165) is 19.6 Å². The van der Waals surface area contributed by atoms with E-state index in [1.807, 2.05) is 0 Å². The van der Waals surface area contributed by atoms with Gasteiger partial charge in [-0.3, -0.25) is 4.90 Å². The van der Waals surface area contributed by atoms with Crippen LogP contribution in [0.1, 0.15) is 25.0 Å². The Morgan fingerprint density at radius 1 is 1.07 bits per heavy atom. The standard InChI is InChI=1S/C24H33FN2O2/c1-18-13-27(15-20-8-4-3-5-9-20)14-19(2)24(18)26-12-22(28)17-29-16-21-10-6-7-11-23(21)25/h3-11,18-19,22,24,26,28H,12-17H2,1-2H3/t18-,19-,22-/m1/s1. The average molecular weight is 401 g/mol. The smallest absolute Gasteiger partial charge is 0.128 e. The quantitative estimate of drug-likeness (QED) is 0.677. The summed E-state index contributed by atoms with van der Waals surface area (Å²) in [4.78, 5) is 2.51. The van der Waals surface area contributed by atoms with Crippen molar-refractivity contribution in [1.82, 2.24) is 10.2 Å². The van der Waals surface area contributed by atoms with Gasteiger partial charge in [0.05, 0.1) is 19.3 Å².